The van der Waals surface area contributed by atoms with Crippen molar-refractivity contribution in [3.05, 3.63) is 77.7 Å². The second-order valence-electron chi connectivity index (χ2n) is 4.58. The largest absolute Gasteiger partial charge is 0.319 e. The molecule has 0 radical (unpaired) electrons. The number of hydrogen-bond donors (Lipinski definition) is 1. The van der Waals surface area contributed by atoms with Crippen molar-refractivity contribution in [2.75, 3.05) is 5.32 Å². The number of benzene rings is 1. The van der Waals surface area contributed by atoms with E-state index >= 15 is 0 Å². The third-order valence-corrected chi connectivity index (χ3v) is 3.39. The van der Waals surface area contributed by atoms with Gasteiger partial charge < -0.3 is 5.32 Å². The number of hydrogen-bond acceptors (Lipinski definition) is 3. The third-order valence-electron chi connectivity index (χ3n) is 3.06. The van der Waals surface area contributed by atoms with Crippen molar-refractivity contribution in [1.29, 1.82) is 0 Å². The summed E-state index contributed by atoms with van der Waals surface area (Å²) in [5.74, 6) is -0.307. The minimum Gasteiger partial charge on any atom is -0.319 e. The molecular weight excluding hydrogens is 298 g/mol. The van der Waals surface area contributed by atoms with Gasteiger partial charge in [-0.15, -0.1) is 0 Å². The first kappa shape index (κ1) is 14.2. The van der Waals surface area contributed by atoms with Crippen LogP contribution in [0.1, 0.15) is 10.5 Å². The van der Waals surface area contributed by atoms with Crippen molar-refractivity contribution >= 4 is 23.2 Å². The Morgan fingerprint density at radius 2 is 1.86 bits per heavy atom. The lowest BCUT2D eigenvalue weighted by Crippen LogP contribution is -2.14. The van der Waals surface area contributed by atoms with Gasteiger partial charge in [-0.05, 0) is 36.4 Å². The Hall–Kier alpha value is -2.72. The molecule has 3 aromatic rings. The Labute approximate surface area is 132 Å². The number of para-hydroxylation sites is 1. The number of halogens is 1. The van der Waals surface area contributed by atoms with E-state index in [0.717, 1.165) is 5.56 Å². The number of aromatic nitrogens is 2. The first-order valence-corrected chi connectivity index (χ1v) is 7.05. The van der Waals surface area contributed by atoms with Gasteiger partial charge in [-0.25, -0.2) is 4.98 Å². The SMILES string of the molecule is O=C(Nc1ccccc1Cl)c1cccc(-c2cccnc2)n1. The summed E-state index contributed by atoms with van der Waals surface area (Å²) >= 11 is 6.04. The van der Waals surface area contributed by atoms with E-state index < -0.39 is 0 Å². The molecule has 0 unspecified atom stereocenters. The summed E-state index contributed by atoms with van der Waals surface area (Å²) in [5, 5.41) is 3.24. The summed E-state index contributed by atoms with van der Waals surface area (Å²) < 4.78 is 0. The molecule has 0 atom stereocenters. The highest BCUT2D eigenvalue weighted by Gasteiger charge is 2.10. The van der Waals surface area contributed by atoms with E-state index in [2.05, 4.69) is 15.3 Å². The van der Waals surface area contributed by atoms with E-state index in [1.165, 1.54) is 0 Å². The molecule has 1 amide bonds. The van der Waals surface area contributed by atoms with Crippen LogP contribution in [0.2, 0.25) is 5.02 Å². The fourth-order valence-corrected chi connectivity index (χ4v) is 2.17. The number of carbonyl (C=O) groups excluding carboxylic acids is 1. The smallest absolute Gasteiger partial charge is 0.274 e. The lowest BCUT2D eigenvalue weighted by atomic mass is 10.2. The Morgan fingerprint density at radius 1 is 1.00 bits per heavy atom. The molecule has 0 aliphatic heterocycles. The molecule has 0 saturated heterocycles. The first-order chi connectivity index (χ1) is 10.7. The number of pyridine rings is 2. The second-order valence-corrected chi connectivity index (χ2v) is 4.99. The summed E-state index contributed by atoms with van der Waals surface area (Å²) in [6, 6.07) is 16.1. The fourth-order valence-electron chi connectivity index (χ4n) is 1.99. The second kappa shape index (κ2) is 6.37. The molecule has 0 bridgehead atoms. The van der Waals surface area contributed by atoms with E-state index in [0.29, 0.717) is 22.1 Å². The van der Waals surface area contributed by atoms with Crippen LogP contribution >= 0.6 is 11.6 Å². The number of nitrogens with one attached hydrogen (secondary N) is 1. The molecule has 22 heavy (non-hydrogen) atoms. The normalized spacial score (nSPS) is 10.2. The van der Waals surface area contributed by atoms with Gasteiger partial charge in [0.2, 0.25) is 0 Å². The van der Waals surface area contributed by atoms with Gasteiger partial charge in [-0.2, -0.15) is 0 Å². The van der Waals surface area contributed by atoms with Gasteiger partial charge in [0, 0.05) is 18.0 Å². The molecule has 4 nitrogen and oxygen atoms in total. The average molecular weight is 310 g/mol. The van der Waals surface area contributed by atoms with Crippen LogP contribution in [-0.4, -0.2) is 15.9 Å². The number of nitrogens with zero attached hydrogens (tertiary/aromatic N) is 2. The molecular formula is C17H12ClN3O. The van der Waals surface area contributed by atoms with E-state index in [1.54, 1.807) is 48.8 Å². The van der Waals surface area contributed by atoms with Crippen molar-refractivity contribution in [3.63, 3.8) is 0 Å². The summed E-state index contributed by atoms with van der Waals surface area (Å²) in [6.07, 6.45) is 3.40. The fraction of sp³-hybridized carbons (Fsp3) is 0. The lowest BCUT2D eigenvalue weighted by molar-refractivity contribution is 0.102. The van der Waals surface area contributed by atoms with Crippen LogP contribution in [0.4, 0.5) is 5.69 Å². The van der Waals surface area contributed by atoms with Crippen molar-refractivity contribution in [2.45, 2.75) is 0 Å². The molecule has 1 N–H and O–H groups in total. The third kappa shape index (κ3) is 3.13. The Kier molecular flexibility index (Phi) is 4.12. The minimum atomic E-state index is -0.307. The van der Waals surface area contributed by atoms with Crippen molar-refractivity contribution in [1.82, 2.24) is 9.97 Å². The van der Waals surface area contributed by atoms with Crippen molar-refractivity contribution in [3.8, 4) is 11.3 Å². The zero-order valence-corrected chi connectivity index (χ0v) is 12.3. The zero-order chi connectivity index (χ0) is 15.4. The summed E-state index contributed by atoms with van der Waals surface area (Å²) in [4.78, 5) is 20.7. The quantitative estimate of drug-likeness (QED) is 0.794. The Morgan fingerprint density at radius 3 is 2.64 bits per heavy atom. The van der Waals surface area contributed by atoms with Gasteiger partial charge in [0.05, 0.1) is 16.4 Å². The molecule has 5 heteroatoms. The molecule has 2 heterocycles. The van der Waals surface area contributed by atoms with Crippen molar-refractivity contribution < 1.29 is 4.79 Å². The summed E-state index contributed by atoms with van der Waals surface area (Å²) in [5.41, 5.74) is 2.43. The molecule has 1 aromatic carbocycles. The molecule has 0 aliphatic carbocycles. The Bertz CT molecular complexity index is 806. The van der Waals surface area contributed by atoms with E-state index in [4.69, 9.17) is 11.6 Å². The van der Waals surface area contributed by atoms with Crippen LogP contribution in [0.15, 0.2) is 67.0 Å². The minimum absolute atomic E-state index is 0.307. The maximum Gasteiger partial charge on any atom is 0.274 e. The standard InChI is InChI=1S/C17H12ClN3O/c18-13-6-1-2-7-15(13)21-17(22)16-9-3-8-14(20-16)12-5-4-10-19-11-12/h1-11H,(H,21,22). The van der Waals surface area contributed by atoms with E-state index in [-0.39, 0.29) is 5.91 Å². The monoisotopic (exact) mass is 309 g/mol. The van der Waals surface area contributed by atoms with Crippen LogP contribution in [-0.2, 0) is 0 Å². The molecule has 2 aromatic heterocycles. The van der Waals surface area contributed by atoms with Gasteiger partial charge in [0.1, 0.15) is 5.69 Å². The molecule has 0 aliphatic rings. The summed E-state index contributed by atoms with van der Waals surface area (Å²) in [6.45, 7) is 0. The number of amides is 1. The maximum absolute atomic E-state index is 12.3. The van der Waals surface area contributed by atoms with Crippen LogP contribution in [0, 0.1) is 0 Å². The molecule has 0 fully saturated rings. The predicted octanol–water partition coefficient (Wildman–Crippen LogP) is 4.05. The van der Waals surface area contributed by atoms with E-state index in [1.807, 2.05) is 18.2 Å². The molecule has 0 saturated carbocycles. The average Bonchev–Trinajstić information content (AvgIpc) is 2.58. The Balaban J connectivity index is 1.86. The van der Waals surface area contributed by atoms with E-state index in [9.17, 15) is 4.79 Å². The van der Waals surface area contributed by atoms with Crippen LogP contribution in [0.5, 0.6) is 0 Å². The van der Waals surface area contributed by atoms with Crippen molar-refractivity contribution in [2.24, 2.45) is 0 Å². The molecule has 3 rings (SSSR count). The van der Waals surface area contributed by atoms with Crippen LogP contribution in [0.25, 0.3) is 11.3 Å². The molecule has 108 valence electrons. The van der Waals surface area contributed by atoms with Gasteiger partial charge in [0.25, 0.3) is 5.91 Å². The van der Waals surface area contributed by atoms with Crippen LogP contribution in [0.3, 0.4) is 0 Å². The predicted molar refractivity (Wildman–Crippen MR) is 86.9 cm³/mol. The number of carbonyl (C=O) groups is 1. The van der Waals surface area contributed by atoms with Gasteiger partial charge >= 0.3 is 0 Å². The number of rotatable bonds is 3. The number of anilines is 1. The van der Waals surface area contributed by atoms with Crippen LogP contribution < -0.4 is 5.32 Å². The highest BCUT2D eigenvalue weighted by Crippen LogP contribution is 2.21. The summed E-state index contributed by atoms with van der Waals surface area (Å²) in [7, 11) is 0. The molecule has 0 spiro atoms. The van der Waals surface area contributed by atoms with Gasteiger partial charge in [0.15, 0.2) is 0 Å². The highest BCUT2D eigenvalue weighted by atomic mass is 35.5. The lowest BCUT2D eigenvalue weighted by Gasteiger charge is -2.07. The first-order valence-electron chi connectivity index (χ1n) is 6.67. The van der Waals surface area contributed by atoms with Gasteiger partial charge in [-0.3, -0.25) is 9.78 Å². The highest BCUT2D eigenvalue weighted by molar-refractivity contribution is 6.33. The topological polar surface area (TPSA) is 54.9 Å². The zero-order valence-electron chi connectivity index (χ0n) is 11.5. The maximum atomic E-state index is 12.3. The van der Waals surface area contributed by atoms with Gasteiger partial charge in [-0.1, -0.05) is 29.8 Å².